The number of amides is 1. The Kier molecular flexibility index (Phi) is 8.19. The van der Waals surface area contributed by atoms with Crippen molar-refractivity contribution in [1.29, 1.82) is 0 Å². The third-order valence-electron chi connectivity index (χ3n) is 4.76. The van der Waals surface area contributed by atoms with Crippen molar-refractivity contribution in [2.75, 3.05) is 31.1 Å². The maximum Gasteiger partial charge on any atom is 0.272 e. The van der Waals surface area contributed by atoms with E-state index in [-0.39, 0.29) is 36.8 Å². The number of anilines is 1. The van der Waals surface area contributed by atoms with E-state index in [1.807, 2.05) is 4.90 Å². The lowest BCUT2D eigenvalue weighted by Gasteiger charge is -2.37. The van der Waals surface area contributed by atoms with E-state index in [0.29, 0.717) is 24.1 Å². The SMILES string of the molecule is CC1CCN(C(=O)c2ccnc(N3CCCC3)n2)C(CN)C1.Cl.Cl. The third kappa shape index (κ3) is 4.49. The minimum atomic E-state index is -0.00908. The molecule has 1 aromatic heterocycles. The Morgan fingerprint density at radius 2 is 2.00 bits per heavy atom. The highest BCUT2D eigenvalue weighted by Gasteiger charge is 2.30. The fourth-order valence-electron chi connectivity index (χ4n) is 3.43. The Morgan fingerprint density at radius 1 is 1.29 bits per heavy atom. The molecule has 2 saturated heterocycles. The van der Waals surface area contributed by atoms with E-state index in [4.69, 9.17) is 5.73 Å². The zero-order valence-electron chi connectivity index (χ0n) is 14.1. The Labute approximate surface area is 156 Å². The van der Waals surface area contributed by atoms with Gasteiger partial charge in [0.2, 0.25) is 5.95 Å². The van der Waals surface area contributed by atoms with Gasteiger partial charge in [0.15, 0.2) is 0 Å². The lowest BCUT2D eigenvalue weighted by atomic mass is 9.92. The van der Waals surface area contributed by atoms with Crippen LogP contribution < -0.4 is 10.6 Å². The van der Waals surface area contributed by atoms with Crippen molar-refractivity contribution >= 4 is 36.7 Å². The molecule has 1 amide bonds. The first kappa shape index (κ1) is 20.9. The first-order valence-corrected chi connectivity index (χ1v) is 8.28. The van der Waals surface area contributed by atoms with Gasteiger partial charge in [-0.3, -0.25) is 4.79 Å². The van der Waals surface area contributed by atoms with Crippen molar-refractivity contribution in [3.05, 3.63) is 18.0 Å². The van der Waals surface area contributed by atoms with Crippen molar-refractivity contribution in [2.24, 2.45) is 11.7 Å². The van der Waals surface area contributed by atoms with Gasteiger partial charge in [0, 0.05) is 38.4 Å². The Morgan fingerprint density at radius 3 is 2.67 bits per heavy atom. The van der Waals surface area contributed by atoms with Crippen molar-refractivity contribution < 1.29 is 4.79 Å². The number of hydrogen-bond donors (Lipinski definition) is 1. The topological polar surface area (TPSA) is 75.4 Å². The number of halogens is 2. The molecule has 2 atom stereocenters. The molecule has 0 bridgehead atoms. The second-order valence-electron chi connectivity index (χ2n) is 6.45. The minimum Gasteiger partial charge on any atom is -0.341 e. The number of hydrogen-bond acceptors (Lipinski definition) is 5. The highest BCUT2D eigenvalue weighted by Crippen LogP contribution is 2.24. The normalized spacial score (nSPS) is 23.4. The summed E-state index contributed by atoms with van der Waals surface area (Å²) in [4.78, 5) is 25.7. The number of nitrogens with two attached hydrogens (primary N) is 1. The van der Waals surface area contributed by atoms with Crippen LogP contribution in [0.3, 0.4) is 0 Å². The molecule has 2 aliphatic rings. The van der Waals surface area contributed by atoms with Crippen LogP contribution in [0.4, 0.5) is 5.95 Å². The van der Waals surface area contributed by atoms with Crippen LogP contribution in [-0.2, 0) is 0 Å². The first-order chi connectivity index (χ1) is 10.7. The molecule has 2 N–H and O–H groups in total. The Balaban J connectivity index is 0.00000144. The number of carbonyl (C=O) groups is 1. The van der Waals surface area contributed by atoms with Gasteiger partial charge in [-0.15, -0.1) is 24.8 Å². The smallest absolute Gasteiger partial charge is 0.272 e. The molecule has 3 heterocycles. The van der Waals surface area contributed by atoms with Gasteiger partial charge in [-0.25, -0.2) is 9.97 Å². The Hall–Kier alpha value is -1.11. The van der Waals surface area contributed by atoms with Crippen molar-refractivity contribution in [3.8, 4) is 0 Å². The maximum absolute atomic E-state index is 12.8. The van der Waals surface area contributed by atoms with E-state index in [2.05, 4.69) is 21.8 Å². The summed E-state index contributed by atoms with van der Waals surface area (Å²) in [5, 5.41) is 0. The van der Waals surface area contributed by atoms with Gasteiger partial charge >= 0.3 is 0 Å². The zero-order valence-corrected chi connectivity index (χ0v) is 15.7. The van der Waals surface area contributed by atoms with Gasteiger partial charge in [0.05, 0.1) is 0 Å². The quantitative estimate of drug-likeness (QED) is 0.875. The fraction of sp³-hybridized carbons (Fsp3) is 0.688. The number of carbonyl (C=O) groups excluding carboxylic acids is 1. The molecule has 2 fully saturated rings. The highest BCUT2D eigenvalue weighted by atomic mass is 35.5. The lowest BCUT2D eigenvalue weighted by molar-refractivity contribution is 0.0567. The summed E-state index contributed by atoms with van der Waals surface area (Å²) < 4.78 is 0. The number of aromatic nitrogens is 2. The maximum atomic E-state index is 12.8. The summed E-state index contributed by atoms with van der Waals surface area (Å²) in [5.41, 5.74) is 6.36. The van der Waals surface area contributed by atoms with Crippen LogP contribution in [0.1, 0.15) is 43.1 Å². The summed E-state index contributed by atoms with van der Waals surface area (Å²) in [7, 11) is 0. The molecule has 0 saturated carbocycles. The molecule has 0 aliphatic carbocycles. The second-order valence-corrected chi connectivity index (χ2v) is 6.45. The predicted octanol–water partition coefficient (Wildman–Crippen LogP) is 2.12. The van der Waals surface area contributed by atoms with Crippen molar-refractivity contribution in [3.63, 3.8) is 0 Å². The van der Waals surface area contributed by atoms with E-state index in [0.717, 1.165) is 32.5 Å². The number of piperidine rings is 1. The highest BCUT2D eigenvalue weighted by molar-refractivity contribution is 5.92. The van der Waals surface area contributed by atoms with Crippen LogP contribution in [0.5, 0.6) is 0 Å². The number of nitrogens with zero attached hydrogens (tertiary/aromatic N) is 4. The van der Waals surface area contributed by atoms with E-state index >= 15 is 0 Å². The molecule has 2 aliphatic heterocycles. The zero-order chi connectivity index (χ0) is 15.5. The van der Waals surface area contributed by atoms with Gasteiger partial charge in [-0.2, -0.15) is 0 Å². The monoisotopic (exact) mass is 375 g/mol. The van der Waals surface area contributed by atoms with Crippen LogP contribution in [-0.4, -0.2) is 53.0 Å². The molecule has 24 heavy (non-hydrogen) atoms. The van der Waals surface area contributed by atoms with Crippen LogP contribution >= 0.6 is 24.8 Å². The molecule has 0 aromatic carbocycles. The van der Waals surface area contributed by atoms with Crippen LogP contribution in [0, 0.1) is 5.92 Å². The van der Waals surface area contributed by atoms with Gasteiger partial charge in [0.25, 0.3) is 5.91 Å². The predicted molar refractivity (Wildman–Crippen MR) is 100 cm³/mol. The average molecular weight is 376 g/mol. The summed E-state index contributed by atoms with van der Waals surface area (Å²) in [6.07, 6.45) is 6.04. The summed E-state index contributed by atoms with van der Waals surface area (Å²) >= 11 is 0. The fourth-order valence-corrected chi connectivity index (χ4v) is 3.43. The molecule has 2 unspecified atom stereocenters. The minimum absolute atomic E-state index is 0. The molecule has 0 radical (unpaired) electrons. The van der Waals surface area contributed by atoms with Crippen LogP contribution in [0.15, 0.2) is 12.3 Å². The van der Waals surface area contributed by atoms with Gasteiger partial charge < -0.3 is 15.5 Å². The summed E-state index contributed by atoms with van der Waals surface area (Å²) in [6.45, 7) is 5.46. The van der Waals surface area contributed by atoms with E-state index in [1.54, 1.807) is 12.3 Å². The average Bonchev–Trinajstić information content (AvgIpc) is 3.08. The molecular weight excluding hydrogens is 349 g/mol. The third-order valence-corrected chi connectivity index (χ3v) is 4.76. The van der Waals surface area contributed by atoms with Crippen LogP contribution in [0.2, 0.25) is 0 Å². The first-order valence-electron chi connectivity index (χ1n) is 8.28. The largest absolute Gasteiger partial charge is 0.341 e. The van der Waals surface area contributed by atoms with E-state index < -0.39 is 0 Å². The molecule has 0 spiro atoms. The molecule has 8 heteroatoms. The van der Waals surface area contributed by atoms with Gasteiger partial charge in [-0.1, -0.05) is 6.92 Å². The van der Waals surface area contributed by atoms with Crippen molar-refractivity contribution in [2.45, 2.75) is 38.6 Å². The molecule has 1 aromatic rings. The Bertz CT molecular complexity index is 539. The lowest BCUT2D eigenvalue weighted by Crippen LogP contribution is -2.49. The summed E-state index contributed by atoms with van der Waals surface area (Å²) in [5.74, 6) is 1.30. The standard InChI is InChI=1S/C16H25N5O.2ClH/c1-12-5-9-21(13(10-12)11-17)15(22)14-4-6-18-16(19-14)20-7-2-3-8-20;;/h4,6,12-13H,2-3,5,7-11,17H2,1H3;2*1H. The van der Waals surface area contributed by atoms with E-state index in [9.17, 15) is 4.79 Å². The van der Waals surface area contributed by atoms with Crippen LogP contribution in [0.25, 0.3) is 0 Å². The molecule has 3 rings (SSSR count). The second kappa shape index (κ2) is 9.39. The number of rotatable bonds is 3. The summed E-state index contributed by atoms with van der Waals surface area (Å²) in [6, 6.07) is 1.84. The van der Waals surface area contributed by atoms with E-state index in [1.165, 1.54) is 12.8 Å². The molecule has 136 valence electrons. The number of likely N-dealkylation sites (tertiary alicyclic amines) is 1. The van der Waals surface area contributed by atoms with Crippen molar-refractivity contribution in [1.82, 2.24) is 14.9 Å². The molecular formula is C16H27Cl2N5O. The molecule has 6 nitrogen and oxygen atoms in total. The van der Waals surface area contributed by atoms with Gasteiger partial charge in [-0.05, 0) is 37.7 Å². The van der Waals surface area contributed by atoms with Gasteiger partial charge in [0.1, 0.15) is 5.69 Å².